The molecule has 0 saturated heterocycles. The lowest BCUT2D eigenvalue weighted by Gasteiger charge is -2.09. The highest BCUT2D eigenvalue weighted by atomic mass is 35.5. The van der Waals surface area contributed by atoms with E-state index in [4.69, 9.17) is 20.8 Å². The molecule has 1 amide bonds. The molecule has 1 N–H and O–H groups in total. The van der Waals surface area contributed by atoms with Crippen molar-refractivity contribution in [3.8, 4) is 11.3 Å². The number of hydrogen-bond acceptors (Lipinski definition) is 5. The van der Waals surface area contributed by atoms with Gasteiger partial charge in [0.25, 0.3) is 5.91 Å². The Kier molecular flexibility index (Phi) is 6.14. The molecular formula is C22H18ClNO5. The third-order valence-electron chi connectivity index (χ3n) is 4.05. The number of amides is 1. The number of rotatable bonds is 6. The first kappa shape index (κ1) is 20.4. The first-order valence-corrected chi connectivity index (χ1v) is 9.13. The van der Waals surface area contributed by atoms with Crippen LogP contribution in [0.15, 0.2) is 52.9 Å². The van der Waals surface area contributed by atoms with Gasteiger partial charge in [0.2, 0.25) is 0 Å². The monoisotopic (exact) mass is 411 g/mol. The Labute approximate surface area is 172 Å². The van der Waals surface area contributed by atoms with E-state index in [1.54, 1.807) is 12.1 Å². The number of ether oxygens (including phenoxy) is 1. The predicted octanol–water partition coefficient (Wildman–Crippen LogP) is 4.82. The van der Waals surface area contributed by atoms with Crippen molar-refractivity contribution in [2.45, 2.75) is 13.8 Å². The number of aldehydes is 1. The van der Waals surface area contributed by atoms with E-state index in [2.05, 4.69) is 5.32 Å². The van der Waals surface area contributed by atoms with E-state index in [1.807, 2.05) is 32.0 Å². The lowest BCUT2D eigenvalue weighted by atomic mass is 10.1. The Hall–Kier alpha value is -3.38. The molecule has 3 aromatic rings. The SMILES string of the molecule is Cc1cc(C)cc(NC(=O)COC(=O)c2cc(-c3ccc(C=O)o3)ccc2Cl)c1. The molecule has 0 radical (unpaired) electrons. The number of furan rings is 1. The predicted molar refractivity (Wildman–Crippen MR) is 109 cm³/mol. The highest BCUT2D eigenvalue weighted by Crippen LogP contribution is 2.27. The average molecular weight is 412 g/mol. The molecule has 0 spiro atoms. The molecule has 0 aliphatic heterocycles. The topological polar surface area (TPSA) is 85.6 Å². The molecule has 1 heterocycles. The highest BCUT2D eigenvalue weighted by molar-refractivity contribution is 6.33. The van der Waals surface area contributed by atoms with Gasteiger partial charge in [0.1, 0.15) is 5.76 Å². The summed E-state index contributed by atoms with van der Waals surface area (Å²) in [5.41, 5.74) is 3.29. The molecule has 3 rings (SSSR count). The van der Waals surface area contributed by atoms with Gasteiger partial charge in [-0.05, 0) is 67.4 Å². The molecule has 0 atom stereocenters. The van der Waals surface area contributed by atoms with E-state index >= 15 is 0 Å². The minimum atomic E-state index is -0.741. The molecule has 0 unspecified atom stereocenters. The van der Waals surface area contributed by atoms with Crippen LogP contribution in [-0.4, -0.2) is 24.8 Å². The summed E-state index contributed by atoms with van der Waals surface area (Å²) >= 11 is 6.10. The summed E-state index contributed by atoms with van der Waals surface area (Å²) in [6.45, 7) is 3.39. The maximum atomic E-state index is 12.4. The van der Waals surface area contributed by atoms with E-state index < -0.39 is 18.5 Å². The van der Waals surface area contributed by atoms with Gasteiger partial charge in [-0.1, -0.05) is 17.7 Å². The fraction of sp³-hybridized carbons (Fsp3) is 0.136. The molecule has 0 bridgehead atoms. The van der Waals surface area contributed by atoms with Gasteiger partial charge in [0.15, 0.2) is 18.7 Å². The molecular weight excluding hydrogens is 394 g/mol. The molecule has 6 nitrogen and oxygen atoms in total. The molecule has 7 heteroatoms. The number of anilines is 1. The third-order valence-corrected chi connectivity index (χ3v) is 4.38. The van der Waals surface area contributed by atoms with Gasteiger partial charge >= 0.3 is 5.97 Å². The van der Waals surface area contributed by atoms with Gasteiger partial charge in [0, 0.05) is 11.3 Å². The van der Waals surface area contributed by atoms with Crippen LogP contribution in [0, 0.1) is 13.8 Å². The van der Waals surface area contributed by atoms with Crippen molar-refractivity contribution >= 4 is 35.5 Å². The van der Waals surface area contributed by atoms with Crippen molar-refractivity contribution in [3.05, 3.63) is 76.0 Å². The minimum absolute atomic E-state index is 0.0902. The Balaban J connectivity index is 1.67. The number of carbonyl (C=O) groups is 3. The molecule has 1 aromatic heterocycles. The van der Waals surface area contributed by atoms with Crippen LogP contribution in [0.2, 0.25) is 5.02 Å². The van der Waals surface area contributed by atoms with E-state index in [9.17, 15) is 14.4 Å². The van der Waals surface area contributed by atoms with Crippen molar-refractivity contribution in [2.24, 2.45) is 0 Å². The Morgan fingerprint density at radius 2 is 1.79 bits per heavy atom. The second-order valence-electron chi connectivity index (χ2n) is 6.52. The van der Waals surface area contributed by atoms with Crippen LogP contribution in [-0.2, 0) is 9.53 Å². The standard InChI is InChI=1S/C22H18ClNO5/c1-13-7-14(2)9-16(8-13)24-21(26)12-28-22(27)18-10-15(3-5-19(18)23)20-6-4-17(11-25)29-20/h3-11H,12H2,1-2H3,(H,24,26). The number of carbonyl (C=O) groups excluding carboxylic acids is 3. The van der Waals surface area contributed by atoms with E-state index in [1.165, 1.54) is 18.2 Å². The summed E-state index contributed by atoms with van der Waals surface area (Å²) < 4.78 is 10.4. The quantitative estimate of drug-likeness (QED) is 0.464. The molecule has 2 aromatic carbocycles. The maximum absolute atomic E-state index is 12.4. The van der Waals surface area contributed by atoms with Crippen molar-refractivity contribution in [1.29, 1.82) is 0 Å². The zero-order valence-electron chi connectivity index (χ0n) is 15.8. The fourth-order valence-corrected chi connectivity index (χ4v) is 3.05. The number of hydrogen-bond donors (Lipinski definition) is 1. The summed E-state index contributed by atoms with van der Waals surface area (Å²) in [6, 6.07) is 13.4. The third kappa shape index (κ3) is 5.12. The molecule has 0 aliphatic rings. The first-order valence-electron chi connectivity index (χ1n) is 8.76. The lowest BCUT2D eigenvalue weighted by Crippen LogP contribution is -2.21. The van der Waals surface area contributed by atoms with Crippen LogP contribution < -0.4 is 5.32 Å². The summed E-state index contributed by atoms with van der Waals surface area (Å²) in [5, 5.41) is 2.87. The van der Waals surface area contributed by atoms with Gasteiger partial charge in [-0.25, -0.2) is 4.79 Å². The van der Waals surface area contributed by atoms with E-state index in [0.29, 0.717) is 23.3 Å². The van der Waals surface area contributed by atoms with Crippen molar-refractivity contribution in [2.75, 3.05) is 11.9 Å². The number of esters is 1. The first-order chi connectivity index (χ1) is 13.9. The van der Waals surface area contributed by atoms with E-state index in [-0.39, 0.29) is 16.3 Å². The van der Waals surface area contributed by atoms with Crippen LogP contribution in [0.25, 0.3) is 11.3 Å². The number of benzene rings is 2. The molecule has 29 heavy (non-hydrogen) atoms. The molecule has 148 valence electrons. The summed E-state index contributed by atoms with van der Waals surface area (Å²) in [6.07, 6.45) is 0.586. The van der Waals surface area contributed by atoms with Crippen molar-refractivity contribution < 1.29 is 23.5 Å². The second kappa shape index (κ2) is 8.75. The molecule has 0 fully saturated rings. The molecule has 0 aliphatic carbocycles. The Bertz CT molecular complexity index is 1070. The van der Waals surface area contributed by atoms with Gasteiger partial charge in [-0.15, -0.1) is 0 Å². The number of aryl methyl sites for hydroxylation is 2. The van der Waals surface area contributed by atoms with Gasteiger partial charge in [-0.3, -0.25) is 9.59 Å². The number of halogens is 1. The van der Waals surface area contributed by atoms with Crippen molar-refractivity contribution in [1.82, 2.24) is 0 Å². The Morgan fingerprint density at radius 3 is 2.45 bits per heavy atom. The van der Waals surface area contributed by atoms with Gasteiger partial charge < -0.3 is 14.5 Å². The smallest absolute Gasteiger partial charge is 0.340 e. The van der Waals surface area contributed by atoms with Crippen LogP contribution in [0.5, 0.6) is 0 Å². The molecule has 0 saturated carbocycles. The summed E-state index contributed by atoms with van der Waals surface area (Å²) in [5.74, 6) is -0.626. The summed E-state index contributed by atoms with van der Waals surface area (Å²) in [7, 11) is 0. The van der Waals surface area contributed by atoms with Gasteiger partial charge in [-0.2, -0.15) is 0 Å². The van der Waals surface area contributed by atoms with Gasteiger partial charge in [0.05, 0.1) is 10.6 Å². The van der Waals surface area contributed by atoms with Crippen LogP contribution in [0.4, 0.5) is 5.69 Å². The lowest BCUT2D eigenvalue weighted by molar-refractivity contribution is -0.119. The van der Waals surface area contributed by atoms with Crippen LogP contribution in [0.1, 0.15) is 32.0 Å². The highest BCUT2D eigenvalue weighted by Gasteiger charge is 2.16. The maximum Gasteiger partial charge on any atom is 0.340 e. The summed E-state index contributed by atoms with van der Waals surface area (Å²) in [4.78, 5) is 35.3. The minimum Gasteiger partial charge on any atom is -0.453 e. The zero-order valence-corrected chi connectivity index (χ0v) is 16.6. The Morgan fingerprint density at radius 1 is 1.07 bits per heavy atom. The average Bonchev–Trinajstić information content (AvgIpc) is 3.15. The fourth-order valence-electron chi connectivity index (χ4n) is 2.86. The number of nitrogens with one attached hydrogen (secondary N) is 1. The van der Waals surface area contributed by atoms with Crippen LogP contribution >= 0.6 is 11.6 Å². The zero-order chi connectivity index (χ0) is 21.0. The normalized spacial score (nSPS) is 10.4. The van der Waals surface area contributed by atoms with Crippen LogP contribution in [0.3, 0.4) is 0 Å². The van der Waals surface area contributed by atoms with E-state index in [0.717, 1.165) is 11.1 Å². The second-order valence-corrected chi connectivity index (χ2v) is 6.92. The van der Waals surface area contributed by atoms with Crippen molar-refractivity contribution in [3.63, 3.8) is 0 Å². The largest absolute Gasteiger partial charge is 0.453 e.